The van der Waals surface area contributed by atoms with Crippen molar-refractivity contribution in [2.45, 2.75) is 25.2 Å². The zero-order valence-corrected chi connectivity index (χ0v) is 19.3. The van der Waals surface area contributed by atoms with Gasteiger partial charge in [-0.1, -0.05) is 34.4 Å². The Hall–Kier alpha value is -2.90. The molecule has 0 spiro atoms. The molecule has 33 heavy (non-hydrogen) atoms. The highest BCUT2D eigenvalue weighted by Gasteiger charge is 2.38. The summed E-state index contributed by atoms with van der Waals surface area (Å²) in [4.78, 5) is 33.7. The number of nitrogens with zero attached hydrogens (tertiary/aromatic N) is 4. The summed E-state index contributed by atoms with van der Waals surface area (Å²) in [7, 11) is 0. The Bertz CT molecular complexity index is 1170. The Balaban J connectivity index is 1.19. The first-order valence-electron chi connectivity index (χ1n) is 10.9. The normalized spacial score (nSPS) is 19.3. The average molecular weight is 485 g/mol. The lowest BCUT2D eigenvalue weighted by molar-refractivity contribution is -0.136. The summed E-state index contributed by atoms with van der Waals surface area (Å²) >= 11 is 12.0. The highest BCUT2D eigenvalue weighted by molar-refractivity contribution is 6.31. The van der Waals surface area contributed by atoms with Gasteiger partial charge in [0, 0.05) is 53.3 Å². The number of carbonyl (C=O) groups is 2. The maximum Gasteiger partial charge on any atom is 0.230 e. The number of carbonyl (C=O) groups excluding carboxylic acids is 2. The van der Waals surface area contributed by atoms with Crippen LogP contribution in [0.3, 0.4) is 0 Å². The second kappa shape index (κ2) is 9.15. The Kier molecular flexibility index (Phi) is 6.08. The minimum Gasteiger partial charge on any atom is -0.342 e. The van der Waals surface area contributed by atoms with E-state index in [-0.39, 0.29) is 30.1 Å². The molecule has 9 heteroatoms. The molecule has 0 saturated carbocycles. The van der Waals surface area contributed by atoms with Crippen LogP contribution >= 0.6 is 23.2 Å². The number of amides is 2. The number of aromatic nitrogens is 2. The highest BCUT2D eigenvalue weighted by Crippen LogP contribution is 2.32. The molecule has 2 amide bonds. The summed E-state index contributed by atoms with van der Waals surface area (Å²) in [6.45, 7) is 1.58. The molecule has 0 bridgehead atoms. The molecule has 2 aliphatic rings. The first-order valence-corrected chi connectivity index (χ1v) is 11.7. The van der Waals surface area contributed by atoms with E-state index in [1.807, 2.05) is 23.1 Å². The fourth-order valence-corrected chi connectivity index (χ4v) is 4.80. The number of halogens is 2. The number of piperidine rings is 1. The summed E-state index contributed by atoms with van der Waals surface area (Å²) in [5.74, 6) is 0.870. The molecule has 2 aliphatic heterocycles. The van der Waals surface area contributed by atoms with Crippen LogP contribution in [0.1, 0.15) is 31.1 Å². The van der Waals surface area contributed by atoms with Crippen molar-refractivity contribution in [3.05, 3.63) is 64.5 Å². The predicted molar refractivity (Wildman–Crippen MR) is 125 cm³/mol. The van der Waals surface area contributed by atoms with Gasteiger partial charge in [-0.2, -0.15) is 4.98 Å². The lowest BCUT2D eigenvalue weighted by Gasteiger charge is -2.32. The molecule has 3 aromatic rings. The van der Waals surface area contributed by atoms with Crippen molar-refractivity contribution in [1.82, 2.24) is 15.0 Å². The number of hydrogen-bond acceptors (Lipinski definition) is 5. The summed E-state index contributed by atoms with van der Waals surface area (Å²) in [6.07, 6.45) is 1.71. The fraction of sp³-hybridized carbons (Fsp3) is 0.333. The first-order chi connectivity index (χ1) is 16.0. The Morgan fingerprint density at radius 1 is 1.03 bits per heavy atom. The van der Waals surface area contributed by atoms with Crippen LogP contribution in [0.15, 0.2) is 53.1 Å². The molecule has 0 aliphatic carbocycles. The van der Waals surface area contributed by atoms with Gasteiger partial charge in [-0.05, 0) is 55.3 Å². The monoisotopic (exact) mass is 484 g/mol. The lowest BCUT2D eigenvalue weighted by Crippen LogP contribution is -2.42. The van der Waals surface area contributed by atoms with Crippen molar-refractivity contribution < 1.29 is 14.1 Å². The first kappa shape index (κ1) is 21.9. The fourth-order valence-electron chi connectivity index (χ4n) is 4.49. The zero-order chi connectivity index (χ0) is 22.9. The molecule has 2 saturated heterocycles. The summed E-state index contributed by atoms with van der Waals surface area (Å²) in [5.41, 5.74) is 1.58. The molecule has 7 nitrogen and oxygen atoms in total. The van der Waals surface area contributed by atoms with Gasteiger partial charge in [0.2, 0.25) is 23.5 Å². The predicted octanol–water partition coefficient (Wildman–Crippen LogP) is 4.80. The van der Waals surface area contributed by atoms with Crippen LogP contribution in [0, 0.1) is 5.92 Å². The second-order valence-corrected chi connectivity index (χ2v) is 9.32. The number of likely N-dealkylation sites (tertiary alicyclic amines) is 1. The molecule has 170 valence electrons. The number of anilines is 1. The van der Waals surface area contributed by atoms with Gasteiger partial charge < -0.3 is 14.3 Å². The molecule has 3 heterocycles. The molecule has 2 fully saturated rings. The number of rotatable bonds is 4. The molecule has 1 aromatic heterocycles. The van der Waals surface area contributed by atoms with E-state index in [0.717, 1.165) is 24.1 Å². The van der Waals surface area contributed by atoms with Crippen molar-refractivity contribution in [1.29, 1.82) is 0 Å². The van der Waals surface area contributed by atoms with Gasteiger partial charge in [0.15, 0.2) is 0 Å². The van der Waals surface area contributed by atoms with E-state index >= 15 is 0 Å². The topological polar surface area (TPSA) is 79.5 Å². The Morgan fingerprint density at radius 3 is 2.52 bits per heavy atom. The van der Waals surface area contributed by atoms with Gasteiger partial charge in [0.05, 0.1) is 5.92 Å². The van der Waals surface area contributed by atoms with Crippen molar-refractivity contribution >= 4 is 40.7 Å². The van der Waals surface area contributed by atoms with Crippen LogP contribution in [0.2, 0.25) is 10.0 Å². The minimum atomic E-state index is -0.340. The number of benzene rings is 2. The molecular weight excluding hydrogens is 463 g/mol. The quantitative estimate of drug-likeness (QED) is 0.531. The van der Waals surface area contributed by atoms with Crippen LogP contribution in [-0.2, 0) is 9.59 Å². The third-order valence-corrected chi connectivity index (χ3v) is 6.78. The van der Waals surface area contributed by atoms with E-state index in [9.17, 15) is 9.59 Å². The molecular formula is C24H22Cl2N4O3. The van der Waals surface area contributed by atoms with Gasteiger partial charge in [-0.15, -0.1) is 0 Å². The Morgan fingerprint density at radius 2 is 1.79 bits per heavy atom. The second-order valence-electron chi connectivity index (χ2n) is 8.45. The standard InChI is InChI=1S/C24H22Cl2N4O3/c25-18-6-4-15(5-7-18)22-27-23(33-28-22)16-8-10-29(11-9-16)24(32)17-12-21(31)30(14-17)20-3-1-2-19(26)13-20/h1-7,13,16-17H,8-12,14H2/t17-/m0/s1. The largest absolute Gasteiger partial charge is 0.342 e. The van der Waals surface area contributed by atoms with Crippen molar-refractivity contribution in [2.24, 2.45) is 5.92 Å². The van der Waals surface area contributed by atoms with E-state index in [4.69, 9.17) is 27.7 Å². The molecule has 2 aromatic carbocycles. The van der Waals surface area contributed by atoms with Crippen molar-refractivity contribution in [3.63, 3.8) is 0 Å². The zero-order valence-electron chi connectivity index (χ0n) is 17.8. The van der Waals surface area contributed by atoms with Gasteiger partial charge >= 0.3 is 0 Å². The maximum absolute atomic E-state index is 13.1. The molecule has 1 atom stereocenters. The van der Waals surface area contributed by atoms with Crippen LogP contribution in [0.4, 0.5) is 5.69 Å². The van der Waals surface area contributed by atoms with E-state index in [2.05, 4.69) is 10.1 Å². The average Bonchev–Trinajstić information content (AvgIpc) is 3.47. The van der Waals surface area contributed by atoms with Crippen molar-refractivity contribution in [2.75, 3.05) is 24.5 Å². The highest BCUT2D eigenvalue weighted by atomic mass is 35.5. The van der Waals surface area contributed by atoms with Gasteiger partial charge in [-0.25, -0.2) is 0 Å². The van der Waals surface area contributed by atoms with Crippen LogP contribution in [0.25, 0.3) is 11.4 Å². The molecule has 0 N–H and O–H groups in total. The molecule has 0 unspecified atom stereocenters. The summed E-state index contributed by atoms with van der Waals surface area (Å²) in [6, 6.07) is 14.4. The summed E-state index contributed by atoms with van der Waals surface area (Å²) in [5, 5.41) is 5.32. The third-order valence-electron chi connectivity index (χ3n) is 6.29. The maximum atomic E-state index is 13.1. The number of hydrogen-bond donors (Lipinski definition) is 0. The van der Waals surface area contributed by atoms with Gasteiger partial charge in [-0.3, -0.25) is 9.59 Å². The van der Waals surface area contributed by atoms with E-state index in [1.165, 1.54) is 0 Å². The van der Waals surface area contributed by atoms with E-state index in [1.54, 1.807) is 35.2 Å². The smallest absolute Gasteiger partial charge is 0.230 e. The van der Waals surface area contributed by atoms with Gasteiger partial charge in [0.25, 0.3) is 0 Å². The molecule has 5 rings (SSSR count). The van der Waals surface area contributed by atoms with Crippen LogP contribution < -0.4 is 4.90 Å². The Labute approximate surface area is 201 Å². The minimum absolute atomic E-state index is 0.0266. The van der Waals surface area contributed by atoms with Crippen molar-refractivity contribution in [3.8, 4) is 11.4 Å². The third kappa shape index (κ3) is 4.61. The SMILES string of the molecule is O=C([C@H]1CC(=O)N(c2cccc(Cl)c2)C1)N1CCC(c2nc(-c3ccc(Cl)cc3)no2)CC1. The summed E-state index contributed by atoms with van der Waals surface area (Å²) < 4.78 is 5.51. The lowest BCUT2D eigenvalue weighted by atomic mass is 9.95. The molecule has 0 radical (unpaired) electrons. The van der Waals surface area contributed by atoms with Crippen LogP contribution in [-0.4, -0.2) is 46.5 Å². The van der Waals surface area contributed by atoms with E-state index in [0.29, 0.717) is 41.4 Å². The van der Waals surface area contributed by atoms with Gasteiger partial charge in [0.1, 0.15) is 0 Å². The van der Waals surface area contributed by atoms with E-state index < -0.39 is 0 Å². The van der Waals surface area contributed by atoms with Crippen LogP contribution in [0.5, 0.6) is 0 Å².